The molecule has 10 nitrogen and oxygen atoms in total. The summed E-state index contributed by atoms with van der Waals surface area (Å²) in [4.78, 5) is 25.7. The van der Waals surface area contributed by atoms with Gasteiger partial charge in [0.25, 0.3) is 15.9 Å². The summed E-state index contributed by atoms with van der Waals surface area (Å²) in [7, 11) is -6.55. The molecular formula is C21H25N3O7S2. The number of nitrogens with zero attached hydrogens (tertiary/aromatic N) is 1. The van der Waals surface area contributed by atoms with Crippen molar-refractivity contribution < 1.29 is 31.2 Å². The van der Waals surface area contributed by atoms with Crippen molar-refractivity contribution in [1.29, 1.82) is 0 Å². The van der Waals surface area contributed by atoms with E-state index in [0.29, 0.717) is 19.0 Å². The maximum absolute atomic E-state index is 12.8. The first kappa shape index (κ1) is 24.8. The predicted molar refractivity (Wildman–Crippen MR) is 119 cm³/mol. The topological polar surface area (TPSA) is 139 Å². The van der Waals surface area contributed by atoms with Gasteiger partial charge in [-0.1, -0.05) is 6.92 Å². The van der Waals surface area contributed by atoms with Gasteiger partial charge in [-0.2, -0.15) is 4.31 Å². The average Bonchev–Trinajstić information content (AvgIpc) is 2.82. The summed E-state index contributed by atoms with van der Waals surface area (Å²) in [6, 6.07) is 10.2. The van der Waals surface area contributed by atoms with Gasteiger partial charge in [-0.3, -0.25) is 10.2 Å². The Bertz CT molecular complexity index is 1220. The Kier molecular flexibility index (Phi) is 7.52. The number of amides is 1. The summed E-state index contributed by atoms with van der Waals surface area (Å²) in [5.41, 5.74) is 2.33. The molecular weight excluding hydrogens is 470 g/mol. The molecule has 1 aliphatic heterocycles. The lowest BCUT2D eigenvalue weighted by molar-refractivity contribution is 0.0600. The first-order chi connectivity index (χ1) is 15.5. The van der Waals surface area contributed by atoms with Crippen LogP contribution in [0.5, 0.6) is 0 Å². The summed E-state index contributed by atoms with van der Waals surface area (Å²) >= 11 is 0. The Balaban J connectivity index is 1.64. The standard InChI is InChI=1S/C21H25N3O7S2/c1-15-11-13-24(14-12-15)33(29,30)19-9-3-16(4-10-19)20(25)22-23-32(27,28)18-7-5-17(6-8-18)21(26)31-2/h3-10,15,23H,11-14H2,1-2H3,(H,22,25). The van der Waals surface area contributed by atoms with E-state index in [1.54, 1.807) is 0 Å². The highest BCUT2D eigenvalue weighted by Gasteiger charge is 2.28. The van der Waals surface area contributed by atoms with Gasteiger partial charge in [-0.25, -0.2) is 21.6 Å². The summed E-state index contributed by atoms with van der Waals surface area (Å²) in [5, 5.41) is 0. The fourth-order valence-electron chi connectivity index (χ4n) is 3.29. The fraction of sp³-hybridized carbons (Fsp3) is 0.333. The Morgan fingerprint density at radius 3 is 1.94 bits per heavy atom. The molecule has 0 aliphatic carbocycles. The number of carbonyl (C=O) groups is 2. The summed E-state index contributed by atoms with van der Waals surface area (Å²) in [6.45, 7) is 2.99. The van der Waals surface area contributed by atoms with E-state index in [-0.39, 0.29) is 20.9 Å². The molecule has 3 rings (SSSR count). The summed E-state index contributed by atoms with van der Waals surface area (Å²) in [6.07, 6.45) is 1.59. The van der Waals surface area contributed by atoms with Crippen LogP contribution in [0.4, 0.5) is 0 Å². The molecule has 0 aromatic heterocycles. The van der Waals surface area contributed by atoms with Gasteiger partial charge >= 0.3 is 5.97 Å². The second kappa shape index (κ2) is 10.00. The van der Waals surface area contributed by atoms with E-state index in [9.17, 15) is 26.4 Å². The SMILES string of the molecule is COC(=O)c1ccc(S(=O)(=O)NNC(=O)c2ccc(S(=O)(=O)N3CCC(C)CC3)cc2)cc1. The smallest absolute Gasteiger partial charge is 0.337 e. The molecule has 2 N–H and O–H groups in total. The first-order valence-electron chi connectivity index (χ1n) is 10.2. The van der Waals surface area contributed by atoms with E-state index >= 15 is 0 Å². The van der Waals surface area contributed by atoms with Crippen LogP contribution in [0.15, 0.2) is 58.3 Å². The molecule has 33 heavy (non-hydrogen) atoms. The third-order valence-electron chi connectivity index (χ3n) is 5.38. The molecule has 0 radical (unpaired) electrons. The van der Waals surface area contributed by atoms with Gasteiger partial charge in [-0.05, 0) is 67.3 Å². The van der Waals surface area contributed by atoms with Crippen LogP contribution in [0.25, 0.3) is 0 Å². The second-order valence-corrected chi connectivity index (χ2v) is 11.3. The molecule has 1 heterocycles. The molecule has 1 amide bonds. The Morgan fingerprint density at radius 2 is 1.39 bits per heavy atom. The normalized spacial score (nSPS) is 15.7. The summed E-state index contributed by atoms with van der Waals surface area (Å²) in [5.74, 6) is -0.891. The minimum absolute atomic E-state index is 0.0693. The number of benzene rings is 2. The van der Waals surface area contributed by atoms with Gasteiger partial charge < -0.3 is 4.74 Å². The average molecular weight is 496 g/mol. The molecule has 0 bridgehead atoms. The number of nitrogens with one attached hydrogen (secondary N) is 2. The number of hydrazine groups is 1. The van der Waals surface area contributed by atoms with Gasteiger partial charge in [0.1, 0.15) is 0 Å². The molecule has 0 atom stereocenters. The van der Waals surface area contributed by atoms with Crippen molar-refractivity contribution in [3.63, 3.8) is 0 Å². The zero-order chi connectivity index (χ0) is 24.2. The number of methoxy groups -OCH3 is 1. The van der Waals surface area contributed by atoms with Gasteiger partial charge in [0.05, 0.1) is 22.5 Å². The van der Waals surface area contributed by atoms with Gasteiger partial charge in [0, 0.05) is 18.7 Å². The molecule has 0 unspecified atom stereocenters. The van der Waals surface area contributed by atoms with Crippen LogP contribution in [0.1, 0.15) is 40.5 Å². The Labute approximate surface area is 193 Å². The third-order valence-corrected chi connectivity index (χ3v) is 8.56. The van der Waals surface area contributed by atoms with Crippen LogP contribution >= 0.6 is 0 Å². The summed E-state index contributed by atoms with van der Waals surface area (Å²) < 4.78 is 56.3. The number of hydrogen-bond donors (Lipinski definition) is 2. The van der Waals surface area contributed by atoms with Crippen molar-refractivity contribution in [3.8, 4) is 0 Å². The number of piperidine rings is 1. The van der Waals surface area contributed by atoms with E-state index in [1.807, 2.05) is 4.83 Å². The zero-order valence-corrected chi connectivity index (χ0v) is 19.8. The van der Waals surface area contributed by atoms with Crippen LogP contribution in [0.2, 0.25) is 0 Å². The van der Waals surface area contributed by atoms with Gasteiger partial charge in [-0.15, -0.1) is 4.83 Å². The van der Waals surface area contributed by atoms with Crippen molar-refractivity contribution in [2.24, 2.45) is 5.92 Å². The lowest BCUT2D eigenvalue weighted by Crippen LogP contribution is -2.41. The Hall–Kier alpha value is -2.80. The third kappa shape index (κ3) is 5.77. The minimum Gasteiger partial charge on any atom is -0.465 e. The monoisotopic (exact) mass is 495 g/mol. The van der Waals surface area contributed by atoms with Crippen molar-refractivity contribution in [3.05, 3.63) is 59.7 Å². The van der Waals surface area contributed by atoms with Crippen LogP contribution < -0.4 is 10.3 Å². The van der Waals surface area contributed by atoms with Crippen LogP contribution in [0.3, 0.4) is 0 Å². The molecule has 0 spiro atoms. The molecule has 1 aliphatic rings. The number of ether oxygens (including phenoxy) is 1. The highest BCUT2D eigenvalue weighted by atomic mass is 32.2. The van der Waals surface area contributed by atoms with Gasteiger partial charge in [0.2, 0.25) is 10.0 Å². The van der Waals surface area contributed by atoms with E-state index in [0.717, 1.165) is 12.8 Å². The zero-order valence-electron chi connectivity index (χ0n) is 18.1. The molecule has 178 valence electrons. The maximum Gasteiger partial charge on any atom is 0.337 e. The predicted octanol–water partition coefficient (Wildman–Crippen LogP) is 1.52. The molecule has 12 heteroatoms. The minimum atomic E-state index is -4.10. The highest BCUT2D eigenvalue weighted by Crippen LogP contribution is 2.23. The van der Waals surface area contributed by atoms with E-state index in [4.69, 9.17) is 0 Å². The van der Waals surface area contributed by atoms with Crippen LogP contribution in [-0.4, -0.2) is 53.2 Å². The maximum atomic E-state index is 12.8. The van der Waals surface area contributed by atoms with E-state index in [2.05, 4.69) is 17.1 Å². The first-order valence-corrected chi connectivity index (χ1v) is 13.1. The van der Waals surface area contributed by atoms with Gasteiger partial charge in [0.15, 0.2) is 0 Å². The van der Waals surface area contributed by atoms with Crippen molar-refractivity contribution >= 4 is 31.9 Å². The van der Waals surface area contributed by atoms with Crippen LogP contribution in [0, 0.1) is 5.92 Å². The lowest BCUT2D eigenvalue weighted by Gasteiger charge is -2.29. The largest absolute Gasteiger partial charge is 0.465 e. The van der Waals surface area contributed by atoms with Crippen LogP contribution in [-0.2, 0) is 24.8 Å². The lowest BCUT2D eigenvalue weighted by atomic mass is 10.0. The number of hydrogen-bond acceptors (Lipinski definition) is 7. The molecule has 1 saturated heterocycles. The van der Waals surface area contributed by atoms with Crippen molar-refractivity contribution in [1.82, 2.24) is 14.6 Å². The number of carbonyl (C=O) groups excluding carboxylic acids is 2. The fourth-order valence-corrected chi connectivity index (χ4v) is 5.59. The highest BCUT2D eigenvalue weighted by molar-refractivity contribution is 7.89. The number of esters is 1. The Morgan fingerprint density at radius 1 is 0.879 bits per heavy atom. The van der Waals surface area contributed by atoms with E-state index < -0.39 is 31.9 Å². The molecule has 0 saturated carbocycles. The van der Waals surface area contributed by atoms with Crippen molar-refractivity contribution in [2.75, 3.05) is 20.2 Å². The molecule has 1 fully saturated rings. The van der Waals surface area contributed by atoms with Crippen molar-refractivity contribution in [2.45, 2.75) is 29.6 Å². The molecule has 2 aromatic rings. The van der Waals surface area contributed by atoms with E-state index in [1.165, 1.54) is 59.9 Å². The number of rotatable bonds is 7. The molecule has 2 aromatic carbocycles. The second-order valence-electron chi connectivity index (χ2n) is 7.69. The quantitative estimate of drug-likeness (QED) is 0.438. The number of sulfonamides is 2.